The van der Waals surface area contributed by atoms with Gasteiger partial charge in [0.2, 0.25) is 17.6 Å². The number of hydrogen-bond acceptors (Lipinski definition) is 7. The maximum absolute atomic E-state index is 14.4. The van der Waals surface area contributed by atoms with Crippen LogP contribution in [-0.4, -0.2) is 70.7 Å². The van der Waals surface area contributed by atoms with Crippen molar-refractivity contribution in [2.75, 3.05) is 6.54 Å². The molecule has 1 saturated carbocycles. The number of urea groups is 1. The van der Waals surface area contributed by atoms with Crippen molar-refractivity contribution in [3.63, 3.8) is 0 Å². The molecule has 12 heteroatoms. The van der Waals surface area contributed by atoms with Gasteiger partial charge in [-0.3, -0.25) is 19.2 Å². The van der Waals surface area contributed by atoms with E-state index in [4.69, 9.17) is 10.5 Å². The molecule has 2 aliphatic rings. The van der Waals surface area contributed by atoms with E-state index in [2.05, 4.69) is 22.9 Å². The molecule has 48 heavy (non-hydrogen) atoms. The smallest absolute Gasteiger partial charge is 0.333 e. The number of amides is 5. The Morgan fingerprint density at radius 2 is 1.58 bits per heavy atom. The molecule has 1 aromatic rings. The van der Waals surface area contributed by atoms with Crippen LogP contribution < -0.4 is 21.7 Å². The highest BCUT2D eigenvalue weighted by Gasteiger charge is 2.47. The Kier molecular flexibility index (Phi) is 12.8. The number of esters is 1. The third kappa shape index (κ3) is 10.3. The first-order valence-corrected chi connectivity index (χ1v) is 17.1. The van der Waals surface area contributed by atoms with Crippen LogP contribution in [0, 0.1) is 23.2 Å². The van der Waals surface area contributed by atoms with Crippen molar-refractivity contribution in [3.05, 3.63) is 35.9 Å². The lowest BCUT2D eigenvalue weighted by atomic mass is 9.80. The highest BCUT2D eigenvalue weighted by Crippen LogP contribution is 2.34. The molecule has 1 aliphatic heterocycles. The van der Waals surface area contributed by atoms with Crippen LogP contribution in [0.2, 0.25) is 0 Å². The molecule has 1 aromatic carbocycles. The van der Waals surface area contributed by atoms with Gasteiger partial charge in [-0.2, -0.15) is 0 Å². The normalized spacial score (nSPS) is 20.8. The summed E-state index contributed by atoms with van der Waals surface area (Å²) in [5, 5.41) is 8.25. The number of likely N-dealkylation sites (tertiary alicyclic amines) is 1. The summed E-state index contributed by atoms with van der Waals surface area (Å²) in [6.07, 6.45) is 4.35. The van der Waals surface area contributed by atoms with Crippen LogP contribution in [0.15, 0.2) is 30.3 Å². The maximum atomic E-state index is 14.4. The van der Waals surface area contributed by atoms with Crippen molar-refractivity contribution in [2.24, 2.45) is 28.9 Å². The molecule has 2 fully saturated rings. The van der Waals surface area contributed by atoms with Crippen molar-refractivity contribution < 1.29 is 33.5 Å². The van der Waals surface area contributed by atoms with Crippen LogP contribution >= 0.6 is 0 Å². The summed E-state index contributed by atoms with van der Waals surface area (Å²) in [6, 6.07) is 3.71. The predicted molar refractivity (Wildman–Crippen MR) is 181 cm³/mol. The number of nitrogens with one attached hydrogen (secondary N) is 3. The summed E-state index contributed by atoms with van der Waals surface area (Å²) in [5.74, 6) is -3.21. The van der Waals surface area contributed by atoms with E-state index in [-0.39, 0.29) is 24.3 Å². The molecule has 0 spiro atoms. The number of rotatable bonds is 13. The first-order chi connectivity index (χ1) is 22.3. The molecule has 0 bridgehead atoms. The van der Waals surface area contributed by atoms with Gasteiger partial charge in [0.15, 0.2) is 6.04 Å². The van der Waals surface area contributed by atoms with E-state index in [0.717, 1.165) is 25.7 Å². The van der Waals surface area contributed by atoms with Crippen LogP contribution in [0.4, 0.5) is 4.79 Å². The molecule has 4 unspecified atom stereocenters. The predicted octanol–water partition coefficient (Wildman–Crippen LogP) is 3.78. The zero-order valence-electron chi connectivity index (χ0n) is 29.8. The van der Waals surface area contributed by atoms with Gasteiger partial charge in [0.1, 0.15) is 17.7 Å². The van der Waals surface area contributed by atoms with Gasteiger partial charge >= 0.3 is 12.0 Å². The van der Waals surface area contributed by atoms with Gasteiger partial charge in [-0.1, -0.05) is 90.6 Å². The molecular formula is C36H55N5O7. The average molecular weight is 670 g/mol. The molecule has 266 valence electrons. The number of primary amides is 1. The Balaban J connectivity index is 1.87. The van der Waals surface area contributed by atoms with E-state index in [1.807, 2.05) is 6.92 Å². The van der Waals surface area contributed by atoms with Crippen LogP contribution in [-0.2, 0) is 28.7 Å². The monoisotopic (exact) mass is 669 g/mol. The second-order valence-corrected chi connectivity index (χ2v) is 15.5. The van der Waals surface area contributed by atoms with Crippen molar-refractivity contribution in [1.29, 1.82) is 0 Å². The summed E-state index contributed by atoms with van der Waals surface area (Å²) in [7, 11) is 0. The molecule has 12 nitrogen and oxygen atoms in total. The van der Waals surface area contributed by atoms with Crippen LogP contribution in [0.1, 0.15) is 106 Å². The SMILES string of the molecule is CCC(C)[C@@H]1C[C@@H](C(=O)NC(CC2CCC2)C(=O)C(N)=O)N(C(=O)C(NC(=O)NC(C(=O)OC(C)(C)C)c2ccccc2)C(C)(C)C)C1. The molecule has 1 saturated heterocycles. The summed E-state index contributed by atoms with van der Waals surface area (Å²) in [6.45, 7) is 15.0. The fourth-order valence-electron chi connectivity index (χ4n) is 6.24. The fourth-order valence-corrected chi connectivity index (χ4v) is 6.24. The number of carbonyl (C=O) groups excluding carboxylic acids is 6. The summed E-state index contributed by atoms with van der Waals surface area (Å²) >= 11 is 0. The van der Waals surface area contributed by atoms with Crippen LogP contribution in [0.25, 0.3) is 0 Å². The Bertz CT molecular complexity index is 1330. The van der Waals surface area contributed by atoms with Gasteiger partial charge in [0.25, 0.3) is 5.91 Å². The lowest BCUT2D eigenvalue weighted by Crippen LogP contribution is -2.60. The number of nitrogens with two attached hydrogens (primary N) is 1. The average Bonchev–Trinajstić information content (AvgIpc) is 3.43. The van der Waals surface area contributed by atoms with E-state index in [0.29, 0.717) is 18.4 Å². The molecule has 5 amide bonds. The Hall–Kier alpha value is -3.96. The fraction of sp³-hybridized carbons (Fsp3) is 0.667. The van der Waals surface area contributed by atoms with Crippen molar-refractivity contribution in [2.45, 2.75) is 124 Å². The van der Waals surface area contributed by atoms with E-state index in [1.54, 1.807) is 71.9 Å². The van der Waals surface area contributed by atoms with Gasteiger partial charge in [-0.05, 0) is 62.3 Å². The minimum Gasteiger partial charge on any atom is -0.458 e. The van der Waals surface area contributed by atoms with Gasteiger partial charge in [0, 0.05) is 6.54 Å². The molecule has 3 rings (SSSR count). The zero-order chi connectivity index (χ0) is 36.0. The molecule has 6 atom stereocenters. The largest absolute Gasteiger partial charge is 0.458 e. The van der Waals surface area contributed by atoms with Gasteiger partial charge in [-0.25, -0.2) is 9.59 Å². The van der Waals surface area contributed by atoms with E-state index in [1.165, 1.54) is 4.90 Å². The highest BCUT2D eigenvalue weighted by atomic mass is 16.6. The lowest BCUT2D eigenvalue weighted by Gasteiger charge is -2.36. The zero-order valence-corrected chi connectivity index (χ0v) is 29.8. The lowest BCUT2D eigenvalue weighted by molar-refractivity contribution is -0.157. The Labute approximate surface area is 284 Å². The number of carbonyl (C=O) groups is 6. The summed E-state index contributed by atoms with van der Waals surface area (Å²) in [5.41, 5.74) is 4.24. The third-order valence-electron chi connectivity index (χ3n) is 9.48. The standard InChI is InChI=1S/C36H55N5O7/c1-9-21(2)24-19-26(31(44)38-25(28(42)30(37)43)18-22-14-13-15-22)41(20-24)32(45)29(35(3,4)5)40-34(47)39-27(23-16-11-10-12-17-23)33(46)48-36(6,7)8/h10-12,16-17,21-22,24-27,29H,9,13-15,18-20H2,1-8H3,(H2,37,43)(H,38,44)(H2,39,40,47)/t21?,24-,25?,26+,27?,29?/m1/s1. The van der Waals surface area contributed by atoms with Gasteiger partial charge < -0.3 is 31.3 Å². The molecule has 1 heterocycles. The van der Waals surface area contributed by atoms with Crippen LogP contribution in [0.3, 0.4) is 0 Å². The molecule has 0 aromatic heterocycles. The quantitative estimate of drug-likeness (QED) is 0.182. The minimum absolute atomic E-state index is 0.00398. The van der Waals surface area contributed by atoms with Crippen molar-refractivity contribution in [1.82, 2.24) is 20.9 Å². The van der Waals surface area contributed by atoms with E-state index >= 15 is 0 Å². The highest BCUT2D eigenvalue weighted by molar-refractivity contribution is 6.37. The van der Waals surface area contributed by atoms with Crippen molar-refractivity contribution in [3.8, 4) is 0 Å². The second kappa shape index (κ2) is 16.0. The molecule has 1 aliphatic carbocycles. The number of benzene rings is 1. The molecule has 5 N–H and O–H groups in total. The van der Waals surface area contributed by atoms with Gasteiger partial charge in [0.05, 0.1) is 6.04 Å². The Morgan fingerprint density at radius 3 is 2.08 bits per heavy atom. The first-order valence-electron chi connectivity index (χ1n) is 17.1. The number of nitrogens with zero attached hydrogens (tertiary/aromatic N) is 1. The first kappa shape index (κ1) is 38.5. The number of hydrogen-bond donors (Lipinski definition) is 4. The van der Waals surface area contributed by atoms with Crippen LogP contribution in [0.5, 0.6) is 0 Å². The molecular weight excluding hydrogens is 614 g/mol. The van der Waals surface area contributed by atoms with Gasteiger partial charge in [-0.15, -0.1) is 0 Å². The number of Topliss-reactive ketones (excluding diaryl/α,β-unsaturated/α-hetero) is 1. The number of ketones is 1. The third-order valence-corrected chi connectivity index (χ3v) is 9.48. The maximum Gasteiger partial charge on any atom is 0.333 e. The second-order valence-electron chi connectivity index (χ2n) is 15.5. The molecule has 0 radical (unpaired) electrons. The summed E-state index contributed by atoms with van der Waals surface area (Å²) in [4.78, 5) is 81.1. The topological polar surface area (TPSA) is 177 Å². The number of ether oxygens (including phenoxy) is 1. The van der Waals surface area contributed by atoms with E-state index < -0.39 is 70.7 Å². The Morgan fingerprint density at radius 1 is 0.958 bits per heavy atom. The van der Waals surface area contributed by atoms with E-state index in [9.17, 15) is 28.8 Å². The van der Waals surface area contributed by atoms with Crippen molar-refractivity contribution >= 4 is 35.5 Å². The summed E-state index contributed by atoms with van der Waals surface area (Å²) < 4.78 is 5.59. The minimum atomic E-state index is -1.14.